The Morgan fingerprint density at radius 3 is 2.40 bits per heavy atom. The van der Waals surface area contributed by atoms with Crippen LogP contribution in [-0.2, 0) is 30.1 Å². The van der Waals surface area contributed by atoms with Crippen molar-refractivity contribution in [1.82, 2.24) is 15.5 Å². The van der Waals surface area contributed by atoms with Crippen LogP contribution in [0.3, 0.4) is 0 Å². The van der Waals surface area contributed by atoms with Gasteiger partial charge in [0.05, 0.1) is 11.6 Å². The van der Waals surface area contributed by atoms with Gasteiger partial charge in [-0.1, -0.05) is 18.2 Å². The fourth-order valence-corrected chi connectivity index (χ4v) is 5.29. The molecule has 40 heavy (non-hydrogen) atoms. The van der Waals surface area contributed by atoms with Gasteiger partial charge in [-0.05, 0) is 43.6 Å². The van der Waals surface area contributed by atoms with Crippen LogP contribution in [0.5, 0.6) is 0 Å². The van der Waals surface area contributed by atoms with Crippen LogP contribution in [0.4, 0.5) is 26.3 Å². The standard InChI is InChI=1S/C25H27F6N3O6/c26-24(27,28)15-4-2-1-3-14(15)19(36)22(39)34-12-23(6-7-23)10-17(34)21(38)33-16(9-13-5-8-32-20(13)37)18(35)11-40-25(29,30)31/h1-4,13,16-17,19,36H,5-12H2,(H,32,37)(H,33,38)/t13-,16?,17-,19?/m0/s1. The van der Waals surface area contributed by atoms with Crippen molar-refractivity contribution in [2.24, 2.45) is 11.3 Å². The molecule has 2 unspecified atom stereocenters. The number of carbonyl (C=O) groups excluding carboxylic acids is 4. The Morgan fingerprint density at radius 2 is 1.82 bits per heavy atom. The molecule has 4 atom stereocenters. The van der Waals surface area contributed by atoms with E-state index < -0.39 is 83.3 Å². The number of Topliss-reactive ketones (excluding diaryl/α,β-unsaturated/α-hetero) is 1. The number of hydrogen-bond acceptors (Lipinski definition) is 6. The zero-order valence-electron chi connectivity index (χ0n) is 21.0. The number of nitrogens with zero attached hydrogens (tertiary/aromatic N) is 1. The van der Waals surface area contributed by atoms with E-state index in [1.165, 1.54) is 6.07 Å². The number of aliphatic hydroxyl groups is 1. The van der Waals surface area contributed by atoms with Crippen molar-refractivity contribution in [3.05, 3.63) is 35.4 Å². The summed E-state index contributed by atoms with van der Waals surface area (Å²) in [6, 6.07) is 1.10. The molecule has 2 aliphatic heterocycles. The van der Waals surface area contributed by atoms with Crippen LogP contribution in [0.25, 0.3) is 0 Å². The summed E-state index contributed by atoms with van der Waals surface area (Å²) < 4.78 is 81.7. The van der Waals surface area contributed by atoms with Gasteiger partial charge in [-0.15, -0.1) is 13.2 Å². The van der Waals surface area contributed by atoms with Gasteiger partial charge in [-0.2, -0.15) is 13.2 Å². The molecule has 9 nitrogen and oxygen atoms in total. The minimum absolute atomic E-state index is 0.0318. The van der Waals surface area contributed by atoms with Gasteiger partial charge in [0.25, 0.3) is 5.91 Å². The molecular formula is C25H27F6N3O6. The first-order chi connectivity index (χ1) is 18.6. The molecule has 3 aliphatic rings. The highest BCUT2D eigenvalue weighted by Crippen LogP contribution is 2.55. The number of amides is 3. The Balaban J connectivity index is 1.54. The van der Waals surface area contributed by atoms with E-state index in [9.17, 15) is 50.6 Å². The Kier molecular flexibility index (Phi) is 8.18. The van der Waals surface area contributed by atoms with Gasteiger partial charge in [0.2, 0.25) is 11.8 Å². The second-order valence-electron chi connectivity index (χ2n) is 10.4. The molecule has 1 spiro atoms. The molecule has 1 saturated carbocycles. The number of halogens is 6. The summed E-state index contributed by atoms with van der Waals surface area (Å²) in [7, 11) is 0. The third-order valence-electron chi connectivity index (χ3n) is 7.61. The molecule has 15 heteroatoms. The normalized spacial score (nSPS) is 23.6. The van der Waals surface area contributed by atoms with Crippen molar-refractivity contribution >= 4 is 23.5 Å². The lowest BCUT2D eigenvalue weighted by molar-refractivity contribution is -0.321. The smallest absolute Gasteiger partial charge is 0.378 e. The van der Waals surface area contributed by atoms with Crippen LogP contribution >= 0.6 is 0 Å². The van der Waals surface area contributed by atoms with Crippen LogP contribution in [0.1, 0.15) is 49.3 Å². The third-order valence-corrected chi connectivity index (χ3v) is 7.61. The van der Waals surface area contributed by atoms with Crippen LogP contribution in [-0.4, -0.2) is 71.7 Å². The van der Waals surface area contributed by atoms with Crippen molar-refractivity contribution in [3.63, 3.8) is 0 Å². The summed E-state index contributed by atoms with van der Waals surface area (Å²) in [5, 5.41) is 15.5. The highest BCUT2D eigenvalue weighted by Gasteiger charge is 2.56. The largest absolute Gasteiger partial charge is 0.522 e. The van der Waals surface area contributed by atoms with Gasteiger partial charge >= 0.3 is 12.5 Å². The molecule has 3 N–H and O–H groups in total. The number of alkyl halides is 6. The van der Waals surface area contributed by atoms with Crippen LogP contribution in [0.2, 0.25) is 0 Å². The van der Waals surface area contributed by atoms with Crippen LogP contribution in [0, 0.1) is 11.3 Å². The molecule has 0 bridgehead atoms. The van der Waals surface area contributed by atoms with Gasteiger partial charge in [0, 0.05) is 24.6 Å². The van der Waals surface area contributed by atoms with E-state index in [-0.39, 0.29) is 32.4 Å². The summed E-state index contributed by atoms with van der Waals surface area (Å²) >= 11 is 0. The molecule has 3 fully saturated rings. The number of aliphatic hydroxyl groups excluding tert-OH is 1. The average molecular weight is 579 g/mol. The van der Waals surface area contributed by atoms with E-state index in [2.05, 4.69) is 15.4 Å². The lowest BCUT2D eigenvalue weighted by atomic mass is 9.95. The Bertz CT molecular complexity index is 1170. The zero-order chi connectivity index (χ0) is 29.5. The summed E-state index contributed by atoms with van der Waals surface area (Å²) in [5.74, 6) is -4.44. The first-order valence-corrected chi connectivity index (χ1v) is 12.6. The van der Waals surface area contributed by atoms with Crippen molar-refractivity contribution in [2.75, 3.05) is 19.7 Å². The number of rotatable bonds is 9. The van der Waals surface area contributed by atoms with E-state index in [1.807, 2.05) is 0 Å². The molecule has 2 heterocycles. The predicted octanol–water partition coefficient (Wildman–Crippen LogP) is 2.24. The first kappa shape index (κ1) is 29.8. The predicted molar refractivity (Wildman–Crippen MR) is 123 cm³/mol. The van der Waals surface area contributed by atoms with E-state index in [0.29, 0.717) is 18.9 Å². The molecule has 3 amide bonds. The van der Waals surface area contributed by atoms with Gasteiger partial charge in [0.1, 0.15) is 12.6 Å². The Morgan fingerprint density at radius 1 is 1.15 bits per heavy atom. The van der Waals surface area contributed by atoms with E-state index in [4.69, 9.17) is 0 Å². The maximum Gasteiger partial charge on any atom is 0.522 e. The fourth-order valence-electron chi connectivity index (χ4n) is 5.29. The highest BCUT2D eigenvalue weighted by atomic mass is 19.4. The first-order valence-electron chi connectivity index (χ1n) is 12.6. The molecule has 2 saturated heterocycles. The molecule has 1 aromatic carbocycles. The molecule has 1 aromatic rings. The van der Waals surface area contributed by atoms with Crippen molar-refractivity contribution in [2.45, 2.75) is 62.8 Å². The van der Waals surface area contributed by atoms with Crippen LogP contribution < -0.4 is 10.6 Å². The molecule has 0 radical (unpaired) electrons. The second kappa shape index (κ2) is 11.0. The molecule has 0 aromatic heterocycles. The Labute approximate surface area is 224 Å². The van der Waals surface area contributed by atoms with Crippen molar-refractivity contribution in [1.29, 1.82) is 0 Å². The number of likely N-dealkylation sites (tertiary alicyclic amines) is 1. The minimum Gasteiger partial charge on any atom is -0.378 e. The molecule has 220 valence electrons. The molecular weight excluding hydrogens is 552 g/mol. The fraction of sp³-hybridized carbons (Fsp3) is 0.600. The number of hydrogen-bond donors (Lipinski definition) is 3. The van der Waals surface area contributed by atoms with E-state index >= 15 is 0 Å². The van der Waals surface area contributed by atoms with Crippen LogP contribution in [0.15, 0.2) is 24.3 Å². The number of carbonyl (C=O) groups is 4. The Hall–Kier alpha value is -3.20. The maximum atomic E-state index is 13.5. The van der Waals surface area contributed by atoms with Gasteiger partial charge in [-0.25, -0.2) is 0 Å². The zero-order valence-corrected chi connectivity index (χ0v) is 21.0. The van der Waals surface area contributed by atoms with Crippen molar-refractivity contribution < 1.29 is 55.4 Å². The highest BCUT2D eigenvalue weighted by molar-refractivity contribution is 5.95. The summed E-state index contributed by atoms with van der Waals surface area (Å²) in [5.41, 5.74) is -2.41. The summed E-state index contributed by atoms with van der Waals surface area (Å²) in [4.78, 5) is 52.2. The number of ether oxygens (including phenoxy) is 1. The number of benzene rings is 1. The molecule has 4 rings (SSSR count). The lowest BCUT2D eigenvalue weighted by Gasteiger charge is -2.29. The minimum atomic E-state index is -5.12. The SMILES string of the molecule is O=C(COC(F)(F)F)C(C[C@@H]1CCNC1=O)NC(=O)[C@@H]1CC2(CC2)CN1C(=O)C(O)c1ccccc1C(F)(F)F. The van der Waals surface area contributed by atoms with Gasteiger partial charge < -0.3 is 20.6 Å². The van der Waals surface area contributed by atoms with Gasteiger partial charge in [0.15, 0.2) is 11.9 Å². The second-order valence-corrected chi connectivity index (χ2v) is 10.4. The van der Waals surface area contributed by atoms with E-state index in [0.717, 1.165) is 17.0 Å². The third kappa shape index (κ3) is 6.74. The summed E-state index contributed by atoms with van der Waals surface area (Å²) in [6.45, 7) is -1.18. The lowest BCUT2D eigenvalue weighted by Crippen LogP contribution is -2.53. The van der Waals surface area contributed by atoms with Gasteiger partial charge in [-0.3, -0.25) is 23.9 Å². The van der Waals surface area contributed by atoms with Crippen molar-refractivity contribution in [3.8, 4) is 0 Å². The maximum absolute atomic E-state index is 13.5. The summed E-state index contributed by atoms with van der Waals surface area (Å²) in [6.07, 6.45) is -11.0. The topological polar surface area (TPSA) is 125 Å². The number of nitrogens with one attached hydrogen (secondary N) is 2. The van der Waals surface area contributed by atoms with E-state index in [1.54, 1.807) is 0 Å². The monoisotopic (exact) mass is 579 g/mol. The quantitative estimate of drug-likeness (QED) is 0.386. The molecule has 1 aliphatic carbocycles. The average Bonchev–Trinajstić information content (AvgIpc) is 3.34. The number of ketones is 1.